The van der Waals surface area contributed by atoms with E-state index in [1.807, 2.05) is 6.07 Å². The molecule has 1 heterocycles. The Balaban J connectivity index is 1.69. The van der Waals surface area contributed by atoms with Crippen LogP contribution in [0.25, 0.3) is 11.4 Å². The van der Waals surface area contributed by atoms with E-state index in [0.29, 0.717) is 16.8 Å². The van der Waals surface area contributed by atoms with E-state index in [0.717, 1.165) is 12.1 Å². The summed E-state index contributed by atoms with van der Waals surface area (Å²) in [4.78, 5) is 4.14. The van der Waals surface area contributed by atoms with Crippen molar-refractivity contribution in [2.45, 2.75) is 12.7 Å². The zero-order valence-corrected chi connectivity index (χ0v) is 12.7. The van der Waals surface area contributed by atoms with E-state index in [4.69, 9.17) is 9.78 Å². The third-order valence-electron chi connectivity index (χ3n) is 3.37. The van der Waals surface area contributed by atoms with E-state index >= 15 is 0 Å². The molecule has 0 saturated carbocycles. The Bertz CT molecular complexity index is 911. The minimum absolute atomic E-state index is 0.205. The van der Waals surface area contributed by atoms with Crippen LogP contribution >= 0.6 is 0 Å². The average molecular weight is 344 g/mol. The number of halogens is 3. The molecule has 5 nitrogen and oxygen atoms in total. The van der Waals surface area contributed by atoms with Crippen LogP contribution in [-0.2, 0) is 12.7 Å². The van der Waals surface area contributed by atoms with Crippen molar-refractivity contribution < 1.29 is 17.7 Å². The Labute approximate surface area is 140 Å². The predicted molar refractivity (Wildman–Crippen MR) is 83.2 cm³/mol. The first-order valence-corrected chi connectivity index (χ1v) is 7.20. The minimum Gasteiger partial charge on any atom is -0.376 e. The fourth-order valence-electron chi connectivity index (χ4n) is 2.13. The molecule has 25 heavy (non-hydrogen) atoms. The van der Waals surface area contributed by atoms with Gasteiger partial charge in [-0.2, -0.15) is 23.4 Å². The summed E-state index contributed by atoms with van der Waals surface area (Å²) >= 11 is 0. The van der Waals surface area contributed by atoms with Gasteiger partial charge in [-0.1, -0.05) is 23.4 Å². The van der Waals surface area contributed by atoms with Crippen LogP contribution in [0.1, 0.15) is 17.0 Å². The molecule has 0 radical (unpaired) electrons. The molecule has 2 aromatic carbocycles. The average Bonchev–Trinajstić information content (AvgIpc) is 3.08. The van der Waals surface area contributed by atoms with Gasteiger partial charge in [0, 0.05) is 11.3 Å². The summed E-state index contributed by atoms with van der Waals surface area (Å²) in [5, 5.41) is 15.7. The van der Waals surface area contributed by atoms with Crippen molar-refractivity contribution in [2.75, 3.05) is 5.32 Å². The quantitative estimate of drug-likeness (QED) is 0.766. The topological polar surface area (TPSA) is 74.7 Å². The SMILES string of the molecule is N#Cc1cccc(NCc2nc(-c3ccc(C(F)(F)F)cc3)no2)c1. The van der Waals surface area contributed by atoms with Gasteiger partial charge < -0.3 is 9.84 Å². The largest absolute Gasteiger partial charge is 0.416 e. The second-order valence-electron chi connectivity index (χ2n) is 5.13. The van der Waals surface area contributed by atoms with E-state index in [2.05, 4.69) is 15.5 Å². The first-order valence-electron chi connectivity index (χ1n) is 7.20. The predicted octanol–water partition coefficient (Wildman–Crippen LogP) is 4.24. The van der Waals surface area contributed by atoms with Crippen LogP contribution in [0, 0.1) is 11.3 Å². The highest BCUT2D eigenvalue weighted by Gasteiger charge is 2.30. The lowest BCUT2D eigenvalue weighted by Crippen LogP contribution is -2.04. The number of benzene rings is 2. The van der Waals surface area contributed by atoms with Gasteiger partial charge in [-0.3, -0.25) is 0 Å². The fraction of sp³-hybridized carbons (Fsp3) is 0.118. The molecule has 0 aliphatic carbocycles. The van der Waals surface area contributed by atoms with Gasteiger partial charge in [-0.05, 0) is 30.3 Å². The Morgan fingerprint density at radius 1 is 1.12 bits per heavy atom. The molecule has 0 amide bonds. The van der Waals surface area contributed by atoms with E-state index in [-0.39, 0.29) is 18.3 Å². The molecule has 3 rings (SSSR count). The Morgan fingerprint density at radius 2 is 1.88 bits per heavy atom. The molecule has 3 aromatic rings. The second kappa shape index (κ2) is 6.65. The second-order valence-corrected chi connectivity index (χ2v) is 5.13. The maximum absolute atomic E-state index is 12.6. The normalized spacial score (nSPS) is 11.1. The van der Waals surface area contributed by atoms with Gasteiger partial charge in [0.25, 0.3) is 0 Å². The summed E-state index contributed by atoms with van der Waals surface area (Å²) in [6, 6.07) is 13.4. The third kappa shape index (κ3) is 3.95. The zero-order valence-electron chi connectivity index (χ0n) is 12.7. The fourth-order valence-corrected chi connectivity index (χ4v) is 2.13. The number of nitrogens with one attached hydrogen (secondary N) is 1. The zero-order chi connectivity index (χ0) is 17.9. The van der Waals surface area contributed by atoms with E-state index < -0.39 is 11.7 Å². The van der Waals surface area contributed by atoms with Crippen LogP contribution < -0.4 is 5.32 Å². The molecule has 0 saturated heterocycles. The van der Waals surface area contributed by atoms with E-state index in [1.165, 1.54) is 12.1 Å². The number of nitrogens with zero attached hydrogens (tertiary/aromatic N) is 3. The molecule has 0 atom stereocenters. The Kier molecular flexibility index (Phi) is 4.39. The molecular weight excluding hydrogens is 333 g/mol. The lowest BCUT2D eigenvalue weighted by atomic mass is 10.1. The highest BCUT2D eigenvalue weighted by atomic mass is 19.4. The van der Waals surface area contributed by atoms with Crippen molar-refractivity contribution in [3.05, 3.63) is 65.5 Å². The van der Waals surface area contributed by atoms with Gasteiger partial charge in [0.1, 0.15) is 0 Å². The lowest BCUT2D eigenvalue weighted by Gasteiger charge is -2.05. The molecule has 126 valence electrons. The van der Waals surface area contributed by atoms with Crippen LogP contribution in [0.5, 0.6) is 0 Å². The van der Waals surface area contributed by atoms with Crippen molar-refractivity contribution in [3.8, 4) is 17.5 Å². The summed E-state index contributed by atoms with van der Waals surface area (Å²) in [5.74, 6) is 0.480. The van der Waals surface area contributed by atoms with Crippen molar-refractivity contribution in [2.24, 2.45) is 0 Å². The minimum atomic E-state index is -4.39. The van der Waals surface area contributed by atoms with E-state index in [9.17, 15) is 13.2 Å². The number of hydrogen-bond donors (Lipinski definition) is 1. The molecular formula is C17H11F3N4O. The number of hydrogen-bond acceptors (Lipinski definition) is 5. The first-order chi connectivity index (χ1) is 12.0. The highest BCUT2D eigenvalue weighted by Crippen LogP contribution is 2.30. The number of rotatable bonds is 4. The molecule has 8 heteroatoms. The van der Waals surface area contributed by atoms with Gasteiger partial charge in [-0.15, -0.1) is 0 Å². The van der Waals surface area contributed by atoms with Crippen molar-refractivity contribution in [1.82, 2.24) is 10.1 Å². The number of anilines is 1. The molecule has 0 aliphatic heterocycles. The molecule has 0 unspecified atom stereocenters. The number of aromatic nitrogens is 2. The Morgan fingerprint density at radius 3 is 2.56 bits per heavy atom. The highest BCUT2D eigenvalue weighted by molar-refractivity contribution is 5.55. The van der Waals surface area contributed by atoms with E-state index in [1.54, 1.807) is 24.3 Å². The van der Waals surface area contributed by atoms with Gasteiger partial charge in [0.15, 0.2) is 0 Å². The molecule has 0 bridgehead atoms. The van der Waals surface area contributed by atoms with Gasteiger partial charge in [0.05, 0.1) is 23.7 Å². The smallest absolute Gasteiger partial charge is 0.376 e. The first kappa shape index (κ1) is 16.5. The van der Waals surface area contributed by atoms with Crippen molar-refractivity contribution >= 4 is 5.69 Å². The maximum atomic E-state index is 12.6. The number of nitriles is 1. The van der Waals surface area contributed by atoms with Crippen LogP contribution in [0.3, 0.4) is 0 Å². The summed E-state index contributed by atoms with van der Waals surface area (Å²) in [6.45, 7) is 0.225. The van der Waals surface area contributed by atoms with Crippen LogP contribution in [0.2, 0.25) is 0 Å². The monoisotopic (exact) mass is 344 g/mol. The molecule has 1 aromatic heterocycles. The molecule has 1 N–H and O–H groups in total. The van der Waals surface area contributed by atoms with Gasteiger partial charge >= 0.3 is 6.18 Å². The van der Waals surface area contributed by atoms with Crippen LogP contribution in [0.15, 0.2) is 53.1 Å². The lowest BCUT2D eigenvalue weighted by molar-refractivity contribution is -0.137. The third-order valence-corrected chi connectivity index (χ3v) is 3.37. The summed E-state index contributed by atoms with van der Waals surface area (Å²) in [5.41, 5.74) is 0.919. The molecule has 0 fully saturated rings. The summed E-state index contributed by atoms with van der Waals surface area (Å²) < 4.78 is 42.8. The Hall–Kier alpha value is -3.34. The standard InChI is InChI=1S/C17H11F3N4O/c18-17(19,20)13-6-4-12(5-7-13)16-23-15(25-24-16)10-22-14-3-1-2-11(8-14)9-21/h1-8,22H,10H2. The van der Waals surface area contributed by atoms with Crippen molar-refractivity contribution in [3.63, 3.8) is 0 Å². The summed E-state index contributed by atoms with van der Waals surface area (Å²) in [6.07, 6.45) is -4.39. The number of alkyl halides is 3. The van der Waals surface area contributed by atoms with Crippen LogP contribution in [0.4, 0.5) is 18.9 Å². The van der Waals surface area contributed by atoms with Gasteiger partial charge in [0.2, 0.25) is 11.7 Å². The van der Waals surface area contributed by atoms with Crippen molar-refractivity contribution in [1.29, 1.82) is 5.26 Å². The van der Waals surface area contributed by atoms with Crippen LogP contribution in [-0.4, -0.2) is 10.1 Å². The molecule has 0 spiro atoms. The maximum Gasteiger partial charge on any atom is 0.416 e. The molecule has 0 aliphatic rings. The summed E-state index contributed by atoms with van der Waals surface area (Å²) in [7, 11) is 0. The van der Waals surface area contributed by atoms with Gasteiger partial charge in [-0.25, -0.2) is 0 Å².